The molecular weight excluding hydrogens is 328 g/mol. The number of likely N-dealkylation sites (tertiary alicyclic amines) is 1. The Morgan fingerprint density at radius 3 is 2.69 bits per heavy atom. The molecule has 1 amide bonds. The summed E-state index contributed by atoms with van der Waals surface area (Å²) in [5.41, 5.74) is 7.91. The molecule has 4 rings (SSSR count). The molecule has 1 aliphatic carbocycles. The first kappa shape index (κ1) is 17.0. The molecule has 7 heteroatoms. The van der Waals surface area contributed by atoms with Gasteiger partial charge in [-0.3, -0.25) is 14.5 Å². The van der Waals surface area contributed by atoms with Crippen molar-refractivity contribution in [2.24, 2.45) is 5.92 Å². The van der Waals surface area contributed by atoms with Crippen LogP contribution in [0.2, 0.25) is 0 Å². The zero-order valence-electron chi connectivity index (χ0n) is 15.0. The van der Waals surface area contributed by atoms with Crippen molar-refractivity contribution in [1.82, 2.24) is 24.9 Å². The molecule has 0 bridgehead atoms. The molecule has 0 atom stereocenters. The minimum Gasteiger partial charge on any atom is -0.399 e. The van der Waals surface area contributed by atoms with Crippen LogP contribution in [0, 0.1) is 5.92 Å². The SMILES string of the molecule is Nc1ccnc(C(=O)N2CCC(Cn3cc(C4CCCC4)nn3)CC2)c1. The molecule has 1 aliphatic heterocycles. The summed E-state index contributed by atoms with van der Waals surface area (Å²) in [5.74, 6) is 1.11. The van der Waals surface area contributed by atoms with Gasteiger partial charge in [-0.15, -0.1) is 5.10 Å². The molecule has 0 radical (unpaired) electrons. The van der Waals surface area contributed by atoms with Gasteiger partial charge in [-0.2, -0.15) is 0 Å². The van der Waals surface area contributed by atoms with Crippen molar-refractivity contribution in [3.8, 4) is 0 Å². The summed E-state index contributed by atoms with van der Waals surface area (Å²) in [6, 6.07) is 3.34. The van der Waals surface area contributed by atoms with Gasteiger partial charge in [0.2, 0.25) is 0 Å². The van der Waals surface area contributed by atoms with Crippen LogP contribution >= 0.6 is 0 Å². The van der Waals surface area contributed by atoms with Crippen LogP contribution in [0.3, 0.4) is 0 Å². The third kappa shape index (κ3) is 3.71. The predicted molar refractivity (Wildman–Crippen MR) is 98.5 cm³/mol. The summed E-state index contributed by atoms with van der Waals surface area (Å²) >= 11 is 0. The third-order valence-electron chi connectivity index (χ3n) is 5.68. The number of piperidine rings is 1. The molecule has 2 aliphatic rings. The minimum absolute atomic E-state index is 0.0278. The highest BCUT2D eigenvalue weighted by atomic mass is 16.2. The lowest BCUT2D eigenvalue weighted by Crippen LogP contribution is -2.39. The molecule has 1 saturated heterocycles. The van der Waals surface area contributed by atoms with Crippen molar-refractivity contribution in [2.45, 2.75) is 51.0 Å². The van der Waals surface area contributed by atoms with Crippen LogP contribution in [-0.2, 0) is 6.54 Å². The molecule has 3 heterocycles. The van der Waals surface area contributed by atoms with Crippen molar-refractivity contribution >= 4 is 11.6 Å². The van der Waals surface area contributed by atoms with E-state index in [4.69, 9.17) is 5.73 Å². The zero-order chi connectivity index (χ0) is 17.9. The molecule has 0 unspecified atom stereocenters. The summed E-state index contributed by atoms with van der Waals surface area (Å²) in [4.78, 5) is 18.6. The van der Waals surface area contributed by atoms with Gasteiger partial charge in [0.05, 0.1) is 5.69 Å². The Morgan fingerprint density at radius 1 is 1.19 bits per heavy atom. The van der Waals surface area contributed by atoms with Gasteiger partial charge >= 0.3 is 0 Å². The molecule has 138 valence electrons. The van der Waals surface area contributed by atoms with Gasteiger partial charge in [-0.05, 0) is 43.7 Å². The maximum absolute atomic E-state index is 12.5. The number of nitrogens with two attached hydrogens (primary N) is 1. The Morgan fingerprint density at radius 2 is 1.96 bits per heavy atom. The van der Waals surface area contributed by atoms with Gasteiger partial charge in [0, 0.05) is 43.6 Å². The predicted octanol–water partition coefficient (Wildman–Crippen LogP) is 2.47. The lowest BCUT2D eigenvalue weighted by atomic mass is 9.96. The van der Waals surface area contributed by atoms with E-state index in [0.717, 1.165) is 38.2 Å². The minimum atomic E-state index is -0.0278. The van der Waals surface area contributed by atoms with E-state index in [0.29, 0.717) is 23.2 Å². The Labute approximate surface area is 153 Å². The number of anilines is 1. The fourth-order valence-electron chi connectivity index (χ4n) is 4.12. The number of hydrogen-bond donors (Lipinski definition) is 1. The van der Waals surface area contributed by atoms with Crippen molar-refractivity contribution in [3.05, 3.63) is 35.9 Å². The first-order chi connectivity index (χ1) is 12.7. The molecule has 26 heavy (non-hydrogen) atoms. The molecule has 2 N–H and O–H groups in total. The van der Waals surface area contributed by atoms with Crippen LogP contribution in [0.15, 0.2) is 24.5 Å². The van der Waals surface area contributed by atoms with E-state index >= 15 is 0 Å². The smallest absolute Gasteiger partial charge is 0.272 e. The Kier molecular flexibility index (Phi) is 4.86. The van der Waals surface area contributed by atoms with Crippen LogP contribution in [0.1, 0.15) is 60.6 Å². The Bertz CT molecular complexity index is 759. The van der Waals surface area contributed by atoms with Crippen LogP contribution in [-0.4, -0.2) is 43.9 Å². The highest BCUT2D eigenvalue weighted by Gasteiger charge is 2.25. The van der Waals surface area contributed by atoms with Gasteiger partial charge in [-0.25, -0.2) is 0 Å². The number of pyridine rings is 1. The van der Waals surface area contributed by atoms with Gasteiger partial charge in [0.15, 0.2) is 0 Å². The second kappa shape index (κ2) is 7.43. The molecule has 7 nitrogen and oxygen atoms in total. The molecule has 2 aromatic heterocycles. The average molecular weight is 354 g/mol. The molecule has 1 saturated carbocycles. The quantitative estimate of drug-likeness (QED) is 0.911. The van der Waals surface area contributed by atoms with Crippen LogP contribution in [0.5, 0.6) is 0 Å². The monoisotopic (exact) mass is 354 g/mol. The van der Waals surface area contributed by atoms with Gasteiger partial charge in [0.25, 0.3) is 5.91 Å². The van der Waals surface area contributed by atoms with Crippen LogP contribution in [0.25, 0.3) is 0 Å². The second-order valence-corrected chi connectivity index (χ2v) is 7.56. The summed E-state index contributed by atoms with van der Waals surface area (Å²) < 4.78 is 2.00. The third-order valence-corrected chi connectivity index (χ3v) is 5.68. The van der Waals surface area contributed by atoms with Crippen LogP contribution < -0.4 is 5.73 Å². The summed E-state index contributed by atoms with van der Waals surface area (Å²) in [6.07, 6.45) is 10.8. The maximum Gasteiger partial charge on any atom is 0.272 e. The maximum atomic E-state index is 12.5. The molecular formula is C19H26N6O. The Balaban J connectivity index is 1.30. The summed E-state index contributed by atoms with van der Waals surface area (Å²) in [5, 5.41) is 8.71. The number of nitrogen functional groups attached to an aromatic ring is 1. The average Bonchev–Trinajstić information content (AvgIpc) is 3.33. The van der Waals surface area contributed by atoms with Crippen LogP contribution in [0.4, 0.5) is 5.69 Å². The summed E-state index contributed by atoms with van der Waals surface area (Å²) in [6.45, 7) is 2.40. The lowest BCUT2D eigenvalue weighted by Gasteiger charge is -2.31. The number of carbonyl (C=O) groups is 1. The standard InChI is InChI=1S/C19H26N6O/c20-16-5-8-21-17(11-16)19(26)24-9-6-14(7-10-24)12-25-13-18(22-23-25)15-3-1-2-4-15/h5,8,11,13-15H,1-4,6-7,9-10,12H2,(H2,20,21). The largest absolute Gasteiger partial charge is 0.399 e. The van der Waals surface area contributed by atoms with E-state index < -0.39 is 0 Å². The number of amides is 1. The molecule has 2 aromatic rings. The zero-order valence-corrected chi connectivity index (χ0v) is 15.0. The summed E-state index contributed by atoms with van der Waals surface area (Å²) in [7, 11) is 0. The molecule has 2 fully saturated rings. The lowest BCUT2D eigenvalue weighted by molar-refractivity contribution is 0.0675. The highest BCUT2D eigenvalue weighted by Crippen LogP contribution is 2.32. The van der Waals surface area contributed by atoms with E-state index in [9.17, 15) is 4.79 Å². The molecule has 0 aromatic carbocycles. The second-order valence-electron chi connectivity index (χ2n) is 7.56. The van der Waals surface area contributed by atoms with E-state index in [1.54, 1.807) is 18.3 Å². The molecule has 0 spiro atoms. The topological polar surface area (TPSA) is 89.9 Å². The fourth-order valence-corrected chi connectivity index (χ4v) is 4.12. The van der Waals surface area contributed by atoms with Crippen molar-refractivity contribution in [1.29, 1.82) is 0 Å². The van der Waals surface area contributed by atoms with Crippen molar-refractivity contribution < 1.29 is 4.79 Å². The number of carbonyl (C=O) groups excluding carboxylic acids is 1. The normalized spacial score (nSPS) is 19.2. The van der Waals surface area contributed by atoms with E-state index in [-0.39, 0.29) is 5.91 Å². The van der Waals surface area contributed by atoms with Gasteiger partial charge in [-0.1, -0.05) is 18.1 Å². The fraction of sp³-hybridized carbons (Fsp3) is 0.579. The van der Waals surface area contributed by atoms with Gasteiger partial charge < -0.3 is 10.6 Å². The van der Waals surface area contributed by atoms with Crippen molar-refractivity contribution in [2.75, 3.05) is 18.8 Å². The first-order valence-electron chi connectivity index (χ1n) is 9.60. The van der Waals surface area contributed by atoms with E-state index in [1.807, 2.05) is 9.58 Å². The first-order valence-corrected chi connectivity index (χ1v) is 9.60. The van der Waals surface area contributed by atoms with E-state index in [2.05, 4.69) is 21.5 Å². The Hall–Kier alpha value is -2.44. The highest BCUT2D eigenvalue weighted by molar-refractivity contribution is 5.93. The van der Waals surface area contributed by atoms with Crippen molar-refractivity contribution in [3.63, 3.8) is 0 Å². The van der Waals surface area contributed by atoms with Gasteiger partial charge in [0.1, 0.15) is 5.69 Å². The number of rotatable bonds is 4. The van der Waals surface area contributed by atoms with E-state index in [1.165, 1.54) is 25.7 Å². The number of aromatic nitrogens is 4. The number of hydrogen-bond acceptors (Lipinski definition) is 5. The number of nitrogens with zero attached hydrogens (tertiary/aromatic N) is 5.